The number of esters is 2. The summed E-state index contributed by atoms with van der Waals surface area (Å²) in [7, 11) is 0. The molecule has 0 saturated heterocycles. The van der Waals surface area contributed by atoms with Crippen LogP contribution in [0.15, 0.2) is 24.3 Å². The molecule has 2 N–H and O–H groups in total. The third-order valence-electron chi connectivity index (χ3n) is 2.10. The van der Waals surface area contributed by atoms with E-state index >= 15 is 0 Å². The zero-order valence-corrected chi connectivity index (χ0v) is 9.46. The lowest BCUT2D eigenvalue weighted by atomic mass is 10.2. The Hall–Kier alpha value is -2.37. The average Bonchev–Trinajstić information content (AvgIpc) is 2.28. The molecule has 6 heteroatoms. The van der Waals surface area contributed by atoms with Crippen molar-refractivity contribution in [1.29, 1.82) is 0 Å². The van der Waals surface area contributed by atoms with Crippen LogP contribution >= 0.6 is 0 Å². The molecule has 1 aromatic rings. The van der Waals surface area contributed by atoms with Gasteiger partial charge < -0.3 is 14.9 Å². The average molecular weight is 252 g/mol. The molecule has 0 unspecified atom stereocenters. The maximum Gasteiger partial charge on any atom is 0.349 e. The zero-order valence-electron chi connectivity index (χ0n) is 9.46. The number of phenols is 1. The molecule has 1 rings (SSSR count). The van der Waals surface area contributed by atoms with Crippen molar-refractivity contribution in [1.82, 2.24) is 0 Å². The number of rotatable bonds is 5. The second kappa shape index (κ2) is 6.39. The smallest absolute Gasteiger partial charge is 0.349 e. The van der Waals surface area contributed by atoms with Gasteiger partial charge in [-0.15, -0.1) is 0 Å². The Labute approximate surface area is 103 Å². The van der Waals surface area contributed by atoms with Gasteiger partial charge in [0.1, 0.15) is 11.3 Å². The topological polar surface area (TPSA) is 101 Å². The fraction of sp³-hybridized carbons (Fsp3) is 0.250. The fourth-order valence-corrected chi connectivity index (χ4v) is 1.24. The van der Waals surface area contributed by atoms with Gasteiger partial charge in [0.15, 0.2) is 0 Å². The Bertz CT molecular complexity index is 465. The maximum absolute atomic E-state index is 11.5. The first-order valence-corrected chi connectivity index (χ1v) is 5.25. The van der Waals surface area contributed by atoms with Crippen molar-refractivity contribution < 1.29 is 29.3 Å². The molecule has 0 spiro atoms. The van der Waals surface area contributed by atoms with Crippen LogP contribution in [0.3, 0.4) is 0 Å². The number of hydrogen-bond donors (Lipinski definition) is 2. The first kappa shape index (κ1) is 13.7. The molecule has 0 fully saturated rings. The van der Waals surface area contributed by atoms with E-state index in [1.54, 1.807) is 0 Å². The lowest BCUT2D eigenvalue weighted by molar-refractivity contribution is -0.139. The van der Waals surface area contributed by atoms with Gasteiger partial charge in [-0.3, -0.25) is 9.59 Å². The Morgan fingerprint density at radius 3 is 2.39 bits per heavy atom. The number of phenolic OH excluding ortho intramolecular Hbond substituents is 1. The molecule has 18 heavy (non-hydrogen) atoms. The standard InChI is InChI=1S/C12H12O6/c13-9-5-2-1-4-8(9)12(17)18-11(16)7-3-6-10(14)15/h1-2,4-5,13H,3,6-7H2,(H,14,15). The van der Waals surface area contributed by atoms with Gasteiger partial charge in [-0.05, 0) is 18.6 Å². The number of carbonyl (C=O) groups excluding carboxylic acids is 2. The Kier molecular flexibility index (Phi) is 4.86. The van der Waals surface area contributed by atoms with Crippen molar-refractivity contribution >= 4 is 17.9 Å². The predicted octanol–water partition coefficient (Wildman–Crippen LogP) is 1.33. The summed E-state index contributed by atoms with van der Waals surface area (Å²) in [6.07, 6.45) is -0.228. The van der Waals surface area contributed by atoms with Crippen LogP contribution in [0.25, 0.3) is 0 Å². The molecule has 0 aliphatic rings. The molecule has 0 aliphatic heterocycles. The van der Waals surface area contributed by atoms with E-state index in [9.17, 15) is 19.5 Å². The van der Waals surface area contributed by atoms with Crippen molar-refractivity contribution in [3.05, 3.63) is 29.8 Å². The minimum absolute atomic E-state index is 0.0994. The molecule has 0 amide bonds. The number of aromatic hydroxyl groups is 1. The highest BCUT2D eigenvalue weighted by Gasteiger charge is 2.16. The van der Waals surface area contributed by atoms with Crippen molar-refractivity contribution in [2.24, 2.45) is 0 Å². The van der Waals surface area contributed by atoms with E-state index in [-0.39, 0.29) is 30.6 Å². The van der Waals surface area contributed by atoms with Gasteiger partial charge >= 0.3 is 17.9 Å². The normalized spacial score (nSPS) is 9.78. The predicted molar refractivity (Wildman–Crippen MR) is 60.0 cm³/mol. The van der Waals surface area contributed by atoms with Crippen LogP contribution in [0, 0.1) is 0 Å². The quantitative estimate of drug-likeness (QED) is 0.605. The van der Waals surface area contributed by atoms with E-state index in [2.05, 4.69) is 4.74 Å². The van der Waals surface area contributed by atoms with Crippen molar-refractivity contribution in [3.8, 4) is 5.75 Å². The Morgan fingerprint density at radius 1 is 1.11 bits per heavy atom. The summed E-state index contributed by atoms with van der Waals surface area (Å²) in [5, 5.41) is 17.7. The summed E-state index contributed by atoms with van der Waals surface area (Å²) >= 11 is 0. The van der Waals surface area contributed by atoms with Gasteiger partial charge in [-0.25, -0.2) is 4.79 Å². The van der Waals surface area contributed by atoms with Crippen LogP contribution in [0.1, 0.15) is 29.6 Å². The summed E-state index contributed by atoms with van der Waals surface area (Å²) in [5.74, 6) is -3.06. The molecule has 0 radical (unpaired) electrons. The van der Waals surface area contributed by atoms with Gasteiger partial charge in [-0.2, -0.15) is 0 Å². The zero-order chi connectivity index (χ0) is 13.5. The number of hydrogen-bond acceptors (Lipinski definition) is 5. The first-order chi connectivity index (χ1) is 8.50. The van der Waals surface area contributed by atoms with Crippen molar-refractivity contribution in [2.45, 2.75) is 19.3 Å². The molecule has 6 nitrogen and oxygen atoms in total. The van der Waals surface area contributed by atoms with Gasteiger partial charge in [0.25, 0.3) is 0 Å². The van der Waals surface area contributed by atoms with E-state index < -0.39 is 17.9 Å². The molecule has 0 aliphatic carbocycles. The van der Waals surface area contributed by atoms with Gasteiger partial charge in [0, 0.05) is 12.8 Å². The largest absolute Gasteiger partial charge is 0.507 e. The van der Waals surface area contributed by atoms with Gasteiger partial charge in [-0.1, -0.05) is 12.1 Å². The van der Waals surface area contributed by atoms with Crippen molar-refractivity contribution in [3.63, 3.8) is 0 Å². The summed E-state index contributed by atoms with van der Waals surface area (Å²) < 4.78 is 4.47. The third kappa shape index (κ3) is 4.25. The molecular weight excluding hydrogens is 240 g/mol. The van der Waals surface area contributed by atoms with Crippen LogP contribution < -0.4 is 0 Å². The second-order valence-electron chi connectivity index (χ2n) is 3.53. The molecule has 0 heterocycles. The van der Waals surface area contributed by atoms with E-state index in [1.165, 1.54) is 24.3 Å². The highest BCUT2D eigenvalue weighted by Crippen LogP contribution is 2.16. The van der Waals surface area contributed by atoms with E-state index in [4.69, 9.17) is 5.11 Å². The highest BCUT2D eigenvalue weighted by molar-refractivity contribution is 5.98. The minimum atomic E-state index is -1.02. The van der Waals surface area contributed by atoms with Crippen LogP contribution in [0.4, 0.5) is 0 Å². The lowest BCUT2D eigenvalue weighted by Crippen LogP contribution is -2.13. The maximum atomic E-state index is 11.5. The number of para-hydroxylation sites is 1. The first-order valence-electron chi connectivity index (χ1n) is 5.25. The van der Waals surface area contributed by atoms with E-state index in [0.717, 1.165) is 0 Å². The SMILES string of the molecule is O=C(O)CCCC(=O)OC(=O)c1ccccc1O. The molecule has 0 atom stereocenters. The minimum Gasteiger partial charge on any atom is -0.507 e. The highest BCUT2D eigenvalue weighted by atomic mass is 16.6. The lowest BCUT2D eigenvalue weighted by Gasteiger charge is -2.03. The molecular formula is C12H12O6. The summed E-state index contributed by atoms with van der Waals surface area (Å²) in [4.78, 5) is 32.9. The van der Waals surface area contributed by atoms with Crippen molar-refractivity contribution in [2.75, 3.05) is 0 Å². The summed E-state index contributed by atoms with van der Waals surface area (Å²) in [6, 6.07) is 5.67. The van der Waals surface area contributed by atoms with E-state index in [1.807, 2.05) is 0 Å². The number of carboxylic acids is 1. The molecule has 96 valence electrons. The fourth-order valence-electron chi connectivity index (χ4n) is 1.24. The number of carbonyl (C=O) groups is 3. The number of benzene rings is 1. The number of aliphatic carboxylic acids is 1. The van der Waals surface area contributed by atoms with Crippen LogP contribution in [0.2, 0.25) is 0 Å². The summed E-state index contributed by atoms with van der Waals surface area (Å²) in [6.45, 7) is 0. The van der Waals surface area contributed by atoms with Crippen LogP contribution in [-0.2, 0) is 14.3 Å². The molecule has 0 bridgehead atoms. The van der Waals surface area contributed by atoms with Gasteiger partial charge in [0.2, 0.25) is 0 Å². The van der Waals surface area contributed by atoms with Gasteiger partial charge in [0.05, 0.1) is 0 Å². The number of carboxylic acid groups (broad SMARTS) is 1. The van der Waals surface area contributed by atoms with E-state index in [0.29, 0.717) is 0 Å². The molecule has 1 aromatic carbocycles. The van der Waals surface area contributed by atoms with Crippen LogP contribution in [0.5, 0.6) is 5.75 Å². The van der Waals surface area contributed by atoms with Crippen LogP contribution in [-0.4, -0.2) is 28.1 Å². The Morgan fingerprint density at radius 2 is 1.78 bits per heavy atom. The molecule has 0 aromatic heterocycles. The monoisotopic (exact) mass is 252 g/mol. The second-order valence-corrected chi connectivity index (χ2v) is 3.53. The Balaban J connectivity index is 2.48. The summed E-state index contributed by atoms with van der Waals surface area (Å²) in [5.41, 5.74) is -0.107. The third-order valence-corrected chi connectivity index (χ3v) is 2.10. The number of ether oxygens (including phenoxy) is 1. The molecule has 0 saturated carbocycles.